The number of carbonyl (C=O) groups excluding carboxylic acids is 1. The summed E-state index contributed by atoms with van der Waals surface area (Å²) in [6.07, 6.45) is 4.55. The summed E-state index contributed by atoms with van der Waals surface area (Å²) >= 11 is 0. The molecule has 0 radical (unpaired) electrons. The zero-order valence-electron chi connectivity index (χ0n) is 14.9. The van der Waals surface area contributed by atoms with Gasteiger partial charge in [0.15, 0.2) is 0 Å². The van der Waals surface area contributed by atoms with Crippen molar-refractivity contribution in [3.05, 3.63) is 65.0 Å². The van der Waals surface area contributed by atoms with Gasteiger partial charge in [-0.15, -0.1) is 0 Å². The standard InChI is InChI=1S/C20H25N3O2/c1-3-16-4-6-18(7-5-16)19-14-23(8-9-25-19)20(24)22-13-17-10-15(2)11-21-12-17/h4-7,10-12,19H,3,8-9,13-14H2,1-2H3,(H,22,24)/t19-/m0/s1. The van der Waals surface area contributed by atoms with E-state index in [0.717, 1.165) is 23.1 Å². The average Bonchev–Trinajstić information content (AvgIpc) is 2.66. The second-order valence-electron chi connectivity index (χ2n) is 6.43. The Bertz CT molecular complexity index is 715. The molecule has 5 heteroatoms. The third-order valence-corrected chi connectivity index (χ3v) is 4.49. The molecule has 3 rings (SSSR count). The van der Waals surface area contributed by atoms with Gasteiger partial charge in [-0.25, -0.2) is 4.79 Å². The lowest BCUT2D eigenvalue weighted by molar-refractivity contribution is -0.0154. The summed E-state index contributed by atoms with van der Waals surface area (Å²) in [5, 5.41) is 2.98. The molecule has 2 amide bonds. The number of urea groups is 1. The van der Waals surface area contributed by atoms with Crippen LogP contribution < -0.4 is 5.32 Å². The van der Waals surface area contributed by atoms with E-state index in [0.29, 0.717) is 26.2 Å². The van der Waals surface area contributed by atoms with E-state index in [1.165, 1.54) is 5.56 Å². The fourth-order valence-corrected chi connectivity index (χ4v) is 3.01. The number of pyridine rings is 1. The van der Waals surface area contributed by atoms with Crippen molar-refractivity contribution in [2.45, 2.75) is 32.9 Å². The van der Waals surface area contributed by atoms with Crippen LogP contribution in [0.15, 0.2) is 42.7 Å². The second kappa shape index (κ2) is 8.12. The minimum absolute atomic E-state index is 0.0556. The summed E-state index contributed by atoms with van der Waals surface area (Å²) in [5.74, 6) is 0. The molecule has 0 aliphatic carbocycles. The number of aryl methyl sites for hydroxylation is 2. The maximum Gasteiger partial charge on any atom is 0.317 e. The van der Waals surface area contributed by atoms with E-state index < -0.39 is 0 Å². The number of morpholine rings is 1. The van der Waals surface area contributed by atoms with Gasteiger partial charge >= 0.3 is 6.03 Å². The fraction of sp³-hybridized carbons (Fsp3) is 0.400. The first kappa shape index (κ1) is 17.4. The highest BCUT2D eigenvalue weighted by molar-refractivity contribution is 5.74. The molecular weight excluding hydrogens is 314 g/mol. The zero-order chi connectivity index (χ0) is 17.6. The van der Waals surface area contributed by atoms with Crippen LogP contribution in [-0.2, 0) is 17.7 Å². The van der Waals surface area contributed by atoms with Crippen molar-refractivity contribution in [3.8, 4) is 0 Å². The Morgan fingerprint density at radius 1 is 1.28 bits per heavy atom. The van der Waals surface area contributed by atoms with Gasteiger partial charge in [0.05, 0.1) is 13.2 Å². The summed E-state index contributed by atoms with van der Waals surface area (Å²) in [5.41, 5.74) is 4.53. The number of hydrogen-bond donors (Lipinski definition) is 1. The molecule has 1 saturated heterocycles. The fourth-order valence-electron chi connectivity index (χ4n) is 3.01. The zero-order valence-corrected chi connectivity index (χ0v) is 14.9. The normalized spacial score (nSPS) is 17.4. The first-order valence-corrected chi connectivity index (χ1v) is 8.79. The smallest absolute Gasteiger partial charge is 0.317 e. The third-order valence-electron chi connectivity index (χ3n) is 4.49. The van der Waals surface area contributed by atoms with Crippen molar-refractivity contribution in [3.63, 3.8) is 0 Å². The molecule has 25 heavy (non-hydrogen) atoms. The minimum Gasteiger partial charge on any atom is -0.370 e. The molecule has 1 aromatic heterocycles. The van der Waals surface area contributed by atoms with Gasteiger partial charge in [0, 0.05) is 25.5 Å². The molecule has 1 aliphatic heterocycles. The Balaban J connectivity index is 1.57. The summed E-state index contributed by atoms with van der Waals surface area (Å²) in [6.45, 7) is 6.36. The summed E-state index contributed by atoms with van der Waals surface area (Å²) in [6, 6.07) is 10.4. The first-order valence-electron chi connectivity index (χ1n) is 8.79. The SMILES string of the molecule is CCc1ccc([C@@H]2CN(C(=O)NCc3cncc(C)c3)CCO2)cc1. The third kappa shape index (κ3) is 4.57. The van der Waals surface area contributed by atoms with Gasteiger partial charge in [-0.3, -0.25) is 4.98 Å². The number of rotatable bonds is 4. The maximum atomic E-state index is 12.5. The highest BCUT2D eigenvalue weighted by Gasteiger charge is 2.25. The number of amides is 2. The molecule has 132 valence electrons. The summed E-state index contributed by atoms with van der Waals surface area (Å²) in [4.78, 5) is 18.5. The van der Waals surface area contributed by atoms with Crippen molar-refractivity contribution in [1.29, 1.82) is 0 Å². The quantitative estimate of drug-likeness (QED) is 0.930. The molecule has 0 saturated carbocycles. The minimum atomic E-state index is -0.0638. The topological polar surface area (TPSA) is 54.5 Å². The predicted molar refractivity (Wildman–Crippen MR) is 97.3 cm³/mol. The van der Waals surface area contributed by atoms with E-state index in [2.05, 4.69) is 41.5 Å². The van der Waals surface area contributed by atoms with E-state index in [9.17, 15) is 4.79 Å². The average molecular weight is 339 g/mol. The molecule has 1 fully saturated rings. The van der Waals surface area contributed by atoms with Crippen LogP contribution in [-0.4, -0.2) is 35.6 Å². The van der Waals surface area contributed by atoms with Crippen molar-refractivity contribution >= 4 is 6.03 Å². The highest BCUT2D eigenvalue weighted by atomic mass is 16.5. The molecule has 0 bridgehead atoms. The van der Waals surface area contributed by atoms with E-state index in [1.807, 2.05) is 24.1 Å². The lowest BCUT2D eigenvalue weighted by Crippen LogP contribution is -2.46. The molecule has 5 nitrogen and oxygen atoms in total. The van der Waals surface area contributed by atoms with Crippen molar-refractivity contribution in [2.24, 2.45) is 0 Å². The monoisotopic (exact) mass is 339 g/mol. The van der Waals surface area contributed by atoms with Crippen LogP contribution in [0.4, 0.5) is 4.79 Å². The maximum absolute atomic E-state index is 12.5. The van der Waals surface area contributed by atoms with Crippen LogP contribution in [0.2, 0.25) is 0 Å². The molecule has 1 aliphatic rings. The van der Waals surface area contributed by atoms with Crippen LogP contribution in [0, 0.1) is 6.92 Å². The molecule has 1 atom stereocenters. The van der Waals surface area contributed by atoms with Gasteiger partial charge in [0.1, 0.15) is 6.10 Å². The number of nitrogens with one attached hydrogen (secondary N) is 1. The van der Waals surface area contributed by atoms with Crippen LogP contribution in [0.3, 0.4) is 0 Å². The molecular formula is C20H25N3O2. The second-order valence-corrected chi connectivity index (χ2v) is 6.43. The Morgan fingerprint density at radius 2 is 2.08 bits per heavy atom. The van der Waals surface area contributed by atoms with Gasteiger partial charge in [0.25, 0.3) is 0 Å². The van der Waals surface area contributed by atoms with Crippen LogP contribution in [0.5, 0.6) is 0 Å². The molecule has 1 N–H and O–H groups in total. The first-order chi connectivity index (χ1) is 12.2. The van der Waals surface area contributed by atoms with E-state index in [4.69, 9.17) is 4.74 Å². The summed E-state index contributed by atoms with van der Waals surface area (Å²) < 4.78 is 5.86. The number of aromatic nitrogens is 1. The molecule has 2 aromatic rings. The van der Waals surface area contributed by atoms with E-state index in [-0.39, 0.29) is 12.1 Å². The number of benzene rings is 1. The van der Waals surface area contributed by atoms with Gasteiger partial charge in [-0.05, 0) is 35.6 Å². The van der Waals surface area contributed by atoms with Crippen LogP contribution in [0.1, 0.15) is 35.3 Å². The van der Waals surface area contributed by atoms with Crippen molar-refractivity contribution < 1.29 is 9.53 Å². The molecule has 2 heterocycles. The number of hydrogen-bond acceptors (Lipinski definition) is 3. The predicted octanol–water partition coefficient (Wildman–Crippen LogP) is 3.24. The van der Waals surface area contributed by atoms with Gasteiger partial charge < -0.3 is 15.0 Å². The summed E-state index contributed by atoms with van der Waals surface area (Å²) in [7, 11) is 0. The highest BCUT2D eigenvalue weighted by Crippen LogP contribution is 2.22. The Hall–Kier alpha value is -2.40. The van der Waals surface area contributed by atoms with Gasteiger partial charge in [-0.2, -0.15) is 0 Å². The van der Waals surface area contributed by atoms with Crippen LogP contribution in [0.25, 0.3) is 0 Å². The molecule has 1 aromatic carbocycles. The van der Waals surface area contributed by atoms with Crippen LogP contribution >= 0.6 is 0 Å². The lowest BCUT2D eigenvalue weighted by Gasteiger charge is -2.33. The van der Waals surface area contributed by atoms with Crippen molar-refractivity contribution in [1.82, 2.24) is 15.2 Å². The Morgan fingerprint density at radius 3 is 2.80 bits per heavy atom. The molecule has 0 unspecified atom stereocenters. The van der Waals surface area contributed by atoms with E-state index in [1.54, 1.807) is 6.20 Å². The van der Waals surface area contributed by atoms with Gasteiger partial charge in [0.2, 0.25) is 0 Å². The Labute approximate surface area is 149 Å². The molecule has 0 spiro atoms. The number of nitrogens with zero attached hydrogens (tertiary/aromatic N) is 2. The van der Waals surface area contributed by atoms with E-state index >= 15 is 0 Å². The van der Waals surface area contributed by atoms with Crippen molar-refractivity contribution in [2.75, 3.05) is 19.7 Å². The number of ether oxygens (including phenoxy) is 1. The lowest BCUT2D eigenvalue weighted by atomic mass is 10.0. The Kier molecular flexibility index (Phi) is 5.66. The van der Waals surface area contributed by atoms with Gasteiger partial charge in [-0.1, -0.05) is 37.3 Å². The largest absolute Gasteiger partial charge is 0.370 e. The number of carbonyl (C=O) groups is 1.